The number of hydrogen-bond acceptors (Lipinski definition) is 3. The molecule has 2 aromatic heterocycles. The first-order valence-electron chi connectivity index (χ1n) is 10.0. The third-order valence-electron chi connectivity index (χ3n) is 5.05. The molecule has 4 aromatic rings. The first kappa shape index (κ1) is 22.7. The monoisotopic (exact) mass is 473 g/mol. The summed E-state index contributed by atoms with van der Waals surface area (Å²) in [4.78, 5) is 19.1. The number of imidazole rings is 1. The molecule has 0 N–H and O–H groups in total. The average molecular weight is 474 g/mol. The number of amides is 1. The van der Waals surface area contributed by atoms with Gasteiger partial charge in [-0.3, -0.25) is 4.79 Å². The summed E-state index contributed by atoms with van der Waals surface area (Å²) >= 11 is 5.94. The van der Waals surface area contributed by atoms with Crippen LogP contribution in [0.15, 0.2) is 83.7 Å². The molecular weight excluding hydrogens is 455 g/mol. The van der Waals surface area contributed by atoms with E-state index < -0.39 is 11.7 Å². The summed E-state index contributed by atoms with van der Waals surface area (Å²) in [6.07, 6.45) is 0.335. The minimum absolute atomic E-state index is 0.133. The van der Waals surface area contributed by atoms with Crippen LogP contribution in [0.25, 0.3) is 0 Å². The van der Waals surface area contributed by atoms with E-state index in [1.807, 2.05) is 0 Å². The van der Waals surface area contributed by atoms with E-state index in [9.17, 15) is 18.0 Å². The SMILES string of the molecule is O=C(c1ccc(Cl)cc1)N(Cc1ccco1)Cc1nccn1Cc1cccc(C(F)(F)F)c1. The van der Waals surface area contributed by atoms with Crippen LogP contribution in [0.5, 0.6) is 0 Å². The topological polar surface area (TPSA) is 51.3 Å². The first-order chi connectivity index (χ1) is 15.8. The van der Waals surface area contributed by atoms with Gasteiger partial charge in [0.05, 0.1) is 24.9 Å². The molecule has 0 unspecified atom stereocenters. The highest BCUT2D eigenvalue weighted by Crippen LogP contribution is 2.29. The molecule has 0 spiro atoms. The van der Waals surface area contributed by atoms with E-state index >= 15 is 0 Å². The summed E-state index contributed by atoms with van der Waals surface area (Å²) in [6, 6.07) is 15.2. The second kappa shape index (κ2) is 9.54. The molecule has 0 bridgehead atoms. The highest BCUT2D eigenvalue weighted by molar-refractivity contribution is 6.30. The largest absolute Gasteiger partial charge is 0.467 e. The third-order valence-corrected chi connectivity index (χ3v) is 5.30. The molecule has 0 saturated heterocycles. The number of halogens is 4. The summed E-state index contributed by atoms with van der Waals surface area (Å²) in [5.41, 5.74) is 0.214. The zero-order valence-corrected chi connectivity index (χ0v) is 18.1. The summed E-state index contributed by atoms with van der Waals surface area (Å²) in [5.74, 6) is 0.867. The quantitative estimate of drug-likeness (QED) is 0.329. The van der Waals surface area contributed by atoms with Gasteiger partial charge in [-0.05, 0) is 54.1 Å². The Balaban J connectivity index is 1.58. The lowest BCUT2D eigenvalue weighted by Gasteiger charge is -2.22. The number of benzene rings is 2. The van der Waals surface area contributed by atoms with Crippen molar-refractivity contribution in [1.29, 1.82) is 0 Å². The molecule has 170 valence electrons. The molecule has 0 aliphatic carbocycles. The number of hydrogen-bond donors (Lipinski definition) is 0. The molecule has 0 aliphatic heterocycles. The predicted molar refractivity (Wildman–Crippen MR) is 117 cm³/mol. The zero-order valence-electron chi connectivity index (χ0n) is 17.3. The van der Waals surface area contributed by atoms with Gasteiger partial charge in [-0.15, -0.1) is 0 Å². The second-order valence-electron chi connectivity index (χ2n) is 7.42. The minimum Gasteiger partial charge on any atom is -0.467 e. The van der Waals surface area contributed by atoms with E-state index in [0.29, 0.717) is 27.7 Å². The van der Waals surface area contributed by atoms with Crippen LogP contribution in [-0.2, 0) is 25.8 Å². The number of alkyl halides is 3. The van der Waals surface area contributed by atoms with Crippen molar-refractivity contribution in [3.05, 3.63) is 113 Å². The smallest absolute Gasteiger partial charge is 0.416 e. The lowest BCUT2D eigenvalue weighted by molar-refractivity contribution is -0.137. The zero-order chi connectivity index (χ0) is 23.4. The van der Waals surface area contributed by atoms with Crippen molar-refractivity contribution in [1.82, 2.24) is 14.5 Å². The van der Waals surface area contributed by atoms with Gasteiger partial charge in [0.1, 0.15) is 11.6 Å². The van der Waals surface area contributed by atoms with E-state index in [1.165, 1.54) is 12.3 Å². The van der Waals surface area contributed by atoms with E-state index in [2.05, 4.69) is 4.98 Å². The molecule has 4 rings (SSSR count). The number of carbonyl (C=O) groups excluding carboxylic acids is 1. The molecule has 2 aromatic carbocycles. The number of rotatable bonds is 7. The summed E-state index contributed by atoms with van der Waals surface area (Å²) in [7, 11) is 0. The molecule has 0 aliphatic rings. The molecule has 0 radical (unpaired) electrons. The van der Waals surface area contributed by atoms with Gasteiger partial charge in [0.25, 0.3) is 5.91 Å². The molecule has 0 fully saturated rings. The fourth-order valence-corrected chi connectivity index (χ4v) is 3.54. The lowest BCUT2D eigenvalue weighted by Crippen LogP contribution is -2.31. The number of aromatic nitrogens is 2. The summed E-state index contributed by atoms with van der Waals surface area (Å²) < 4.78 is 46.4. The maximum absolute atomic E-state index is 13.2. The van der Waals surface area contributed by atoms with Crippen LogP contribution in [0, 0.1) is 0 Å². The van der Waals surface area contributed by atoms with Crippen LogP contribution < -0.4 is 0 Å². The number of furan rings is 1. The van der Waals surface area contributed by atoms with Crippen molar-refractivity contribution in [2.75, 3.05) is 0 Å². The Hall–Kier alpha value is -3.52. The average Bonchev–Trinajstić information content (AvgIpc) is 3.45. The molecule has 33 heavy (non-hydrogen) atoms. The summed E-state index contributed by atoms with van der Waals surface area (Å²) in [6.45, 7) is 0.516. The van der Waals surface area contributed by atoms with Crippen LogP contribution in [0.3, 0.4) is 0 Å². The van der Waals surface area contributed by atoms with E-state index in [0.717, 1.165) is 12.1 Å². The van der Waals surface area contributed by atoms with Crippen molar-refractivity contribution in [3.8, 4) is 0 Å². The Kier molecular flexibility index (Phi) is 6.55. The van der Waals surface area contributed by atoms with E-state index in [-0.39, 0.29) is 25.5 Å². The minimum atomic E-state index is -4.42. The normalized spacial score (nSPS) is 11.5. The van der Waals surface area contributed by atoms with Gasteiger partial charge < -0.3 is 13.9 Å². The molecule has 1 amide bonds. The molecule has 5 nitrogen and oxygen atoms in total. The van der Waals surface area contributed by atoms with Crippen molar-refractivity contribution >= 4 is 17.5 Å². The van der Waals surface area contributed by atoms with Crippen LogP contribution in [-0.4, -0.2) is 20.4 Å². The number of carbonyl (C=O) groups is 1. The molecule has 0 saturated carbocycles. The Morgan fingerprint density at radius 3 is 2.55 bits per heavy atom. The van der Waals surface area contributed by atoms with Gasteiger partial charge in [-0.2, -0.15) is 13.2 Å². The van der Waals surface area contributed by atoms with Crippen LogP contribution in [0.4, 0.5) is 13.2 Å². The van der Waals surface area contributed by atoms with Crippen molar-refractivity contribution < 1.29 is 22.4 Å². The lowest BCUT2D eigenvalue weighted by atomic mass is 10.1. The van der Waals surface area contributed by atoms with Crippen LogP contribution >= 0.6 is 11.6 Å². The highest BCUT2D eigenvalue weighted by atomic mass is 35.5. The van der Waals surface area contributed by atoms with Gasteiger partial charge in [0, 0.05) is 29.5 Å². The predicted octanol–water partition coefficient (Wildman–Crippen LogP) is 6.04. The van der Waals surface area contributed by atoms with Gasteiger partial charge >= 0.3 is 6.18 Å². The first-order valence-corrected chi connectivity index (χ1v) is 10.4. The molecule has 2 heterocycles. The van der Waals surface area contributed by atoms with Gasteiger partial charge in [0.2, 0.25) is 0 Å². The summed E-state index contributed by atoms with van der Waals surface area (Å²) in [5, 5.41) is 0.515. The maximum atomic E-state index is 13.2. The Labute approximate surface area is 193 Å². The van der Waals surface area contributed by atoms with E-state index in [4.69, 9.17) is 16.0 Å². The standard InChI is InChI=1S/C24H19ClF3N3O2/c25-20-8-6-18(7-9-20)23(32)31(15-21-5-2-12-33-21)16-22-29-10-11-30(22)14-17-3-1-4-19(13-17)24(26,27)28/h1-13H,14-16H2. The van der Waals surface area contributed by atoms with E-state index in [1.54, 1.807) is 64.3 Å². The van der Waals surface area contributed by atoms with Crippen LogP contribution in [0.1, 0.15) is 33.1 Å². The number of nitrogens with zero attached hydrogens (tertiary/aromatic N) is 3. The Morgan fingerprint density at radius 2 is 1.85 bits per heavy atom. The van der Waals surface area contributed by atoms with Gasteiger partial charge in [-0.25, -0.2) is 4.98 Å². The Morgan fingerprint density at radius 1 is 1.06 bits per heavy atom. The maximum Gasteiger partial charge on any atom is 0.416 e. The third kappa shape index (κ3) is 5.64. The molecule has 0 atom stereocenters. The van der Waals surface area contributed by atoms with Gasteiger partial charge in [-0.1, -0.05) is 23.7 Å². The highest BCUT2D eigenvalue weighted by Gasteiger charge is 2.30. The van der Waals surface area contributed by atoms with Crippen molar-refractivity contribution in [2.45, 2.75) is 25.8 Å². The fraction of sp³-hybridized carbons (Fsp3) is 0.167. The van der Waals surface area contributed by atoms with Crippen molar-refractivity contribution in [2.24, 2.45) is 0 Å². The van der Waals surface area contributed by atoms with Gasteiger partial charge in [0.15, 0.2) is 0 Å². The Bertz CT molecular complexity index is 1220. The van der Waals surface area contributed by atoms with Crippen LogP contribution in [0.2, 0.25) is 5.02 Å². The molecular formula is C24H19ClF3N3O2. The second-order valence-corrected chi connectivity index (χ2v) is 7.85. The fourth-order valence-electron chi connectivity index (χ4n) is 3.41. The molecule has 9 heteroatoms. The van der Waals surface area contributed by atoms with Crippen molar-refractivity contribution in [3.63, 3.8) is 0 Å².